The van der Waals surface area contributed by atoms with Gasteiger partial charge in [0.15, 0.2) is 0 Å². The Labute approximate surface area is 126 Å². The van der Waals surface area contributed by atoms with Gasteiger partial charge in [0.1, 0.15) is 0 Å². The van der Waals surface area contributed by atoms with Crippen molar-refractivity contribution in [1.29, 1.82) is 0 Å². The van der Waals surface area contributed by atoms with Gasteiger partial charge in [-0.05, 0) is 75.4 Å². The van der Waals surface area contributed by atoms with Gasteiger partial charge in [-0.1, -0.05) is 27.7 Å². The number of nitrogens with one attached hydrogen (secondary N) is 1. The topological polar surface area (TPSA) is 15.3 Å². The summed E-state index contributed by atoms with van der Waals surface area (Å²) in [6.45, 7) is 14.5. The predicted molar refractivity (Wildman–Crippen MR) is 88.0 cm³/mol. The molecule has 2 heteroatoms. The lowest BCUT2D eigenvalue weighted by atomic mass is 9.70. The van der Waals surface area contributed by atoms with Crippen LogP contribution in [0.2, 0.25) is 0 Å². The van der Waals surface area contributed by atoms with E-state index in [-0.39, 0.29) is 0 Å². The SMILES string of the molecule is CCN1CCCC1CNCC1CCC(C(C)(C)C)CC1. The largest absolute Gasteiger partial charge is 0.315 e. The minimum absolute atomic E-state index is 0.518. The molecule has 2 fully saturated rings. The minimum atomic E-state index is 0.518. The fraction of sp³-hybridized carbons (Fsp3) is 1.00. The van der Waals surface area contributed by atoms with Crippen LogP contribution in [0.3, 0.4) is 0 Å². The van der Waals surface area contributed by atoms with Crippen LogP contribution in [0.4, 0.5) is 0 Å². The molecule has 2 aliphatic rings. The van der Waals surface area contributed by atoms with E-state index in [4.69, 9.17) is 0 Å². The maximum absolute atomic E-state index is 3.77. The lowest BCUT2D eigenvalue weighted by Gasteiger charge is -2.37. The molecule has 0 bridgehead atoms. The van der Waals surface area contributed by atoms with Crippen LogP contribution in [0.15, 0.2) is 0 Å². The van der Waals surface area contributed by atoms with Gasteiger partial charge in [-0.25, -0.2) is 0 Å². The molecule has 0 aromatic carbocycles. The van der Waals surface area contributed by atoms with E-state index >= 15 is 0 Å². The van der Waals surface area contributed by atoms with Crippen LogP contribution in [-0.2, 0) is 0 Å². The van der Waals surface area contributed by atoms with Gasteiger partial charge in [-0.15, -0.1) is 0 Å². The molecule has 1 aliphatic heterocycles. The van der Waals surface area contributed by atoms with Crippen molar-refractivity contribution >= 4 is 0 Å². The highest BCUT2D eigenvalue weighted by molar-refractivity contribution is 4.83. The first-order valence-corrected chi connectivity index (χ1v) is 8.95. The zero-order valence-electron chi connectivity index (χ0n) is 14.3. The van der Waals surface area contributed by atoms with Crippen molar-refractivity contribution in [3.63, 3.8) is 0 Å². The van der Waals surface area contributed by atoms with Crippen LogP contribution in [0, 0.1) is 17.3 Å². The molecule has 0 spiro atoms. The quantitative estimate of drug-likeness (QED) is 0.821. The molecule has 2 nitrogen and oxygen atoms in total. The van der Waals surface area contributed by atoms with E-state index in [1.54, 1.807) is 0 Å². The van der Waals surface area contributed by atoms with Crippen LogP contribution in [0.1, 0.15) is 66.2 Å². The molecule has 1 saturated heterocycles. The van der Waals surface area contributed by atoms with Gasteiger partial charge in [0.05, 0.1) is 0 Å². The fourth-order valence-corrected chi connectivity index (χ4v) is 4.23. The Morgan fingerprint density at radius 2 is 1.70 bits per heavy atom. The number of rotatable bonds is 5. The number of hydrogen-bond acceptors (Lipinski definition) is 2. The van der Waals surface area contributed by atoms with E-state index in [9.17, 15) is 0 Å². The molecule has 1 heterocycles. The van der Waals surface area contributed by atoms with E-state index < -0.39 is 0 Å². The summed E-state index contributed by atoms with van der Waals surface area (Å²) < 4.78 is 0. The molecule has 20 heavy (non-hydrogen) atoms. The molecule has 1 atom stereocenters. The Morgan fingerprint density at radius 3 is 2.30 bits per heavy atom. The summed E-state index contributed by atoms with van der Waals surface area (Å²) in [5.41, 5.74) is 0.518. The van der Waals surface area contributed by atoms with Gasteiger partial charge in [-0.3, -0.25) is 4.90 Å². The lowest BCUT2D eigenvalue weighted by molar-refractivity contribution is 0.147. The Kier molecular flexibility index (Phi) is 5.92. The van der Waals surface area contributed by atoms with E-state index in [0.717, 1.165) is 17.9 Å². The molecule has 0 radical (unpaired) electrons. The van der Waals surface area contributed by atoms with Crippen molar-refractivity contribution in [2.45, 2.75) is 72.3 Å². The third kappa shape index (κ3) is 4.46. The standard InChI is InChI=1S/C18H36N2/c1-5-20-12-6-7-17(20)14-19-13-15-8-10-16(11-9-15)18(2,3)4/h15-17,19H,5-14H2,1-4H3. The van der Waals surface area contributed by atoms with Crippen molar-refractivity contribution in [2.75, 3.05) is 26.2 Å². The van der Waals surface area contributed by atoms with Crippen LogP contribution < -0.4 is 5.32 Å². The normalized spacial score (nSPS) is 32.7. The molecule has 2 rings (SSSR count). The van der Waals surface area contributed by atoms with Crippen molar-refractivity contribution in [1.82, 2.24) is 10.2 Å². The average molecular weight is 281 g/mol. The van der Waals surface area contributed by atoms with Crippen molar-refractivity contribution in [3.8, 4) is 0 Å². The lowest BCUT2D eigenvalue weighted by Crippen LogP contribution is -2.40. The summed E-state index contributed by atoms with van der Waals surface area (Å²) in [7, 11) is 0. The summed E-state index contributed by atoms with van der Waals surface area (Å²) in [5.74, 6) is 1.88. The second kappa shape index (κ2) is 7.26. The van der Waals surface area contributed by atoms with Gasteiger partial charge in [0.25, 0.3) is 0 Å². The fourth-order valence-electron chi connectivity index (χ4n) is 4.23. The third-order valence-corrected chi connectivity index (χ3v) is 5.79. The highest BCUT2D eigenvalue weighted by atomic mass is 15.2. The Hall–Kier alpha value is -0.0800. The van der Waals surface area contributed by atoms with E-state index in [1.165, 1.54) is 64.7 Å². The highest BCUT2D eigenvalue weighted by Crippen LogP contribution is 2.39. The van der Waals surface area contributed by atoms with Gasteiger partial charge in [0, 0.05) is 12.6 Å². The smallest absolute Gasteiger partial charge is 0.0220 e. The maximum Gasteiger partial charge on any atom is 0.0220 e. The minimum Gasteiger partial charge on any atom is -0.315 e. The monoisotopic (exact) mass is 280 g/mol. The van der Waals surface area contributed by atoms with Crippen molar-refractivity contribution in [3.05, 3.63) is 0 Å². The maximum atomic E-state index is 3.77. The van der Waals surface area contributed by atoms with Gasteiger partial charge < -0.3 is 5.32 Å². The molecule has 1 unspecified atom stereocenters. The Morgan fingerprint density at radius 1 is 1.00 bits per heavy atom. The summed E-state index contributed by atoms with van der Waals surface area (Å²) in [4.78, 5) is 2.64. The number of likely N-dealkylation sites (tertiary alicyclic amines) is 1. The summed E-state index contributed by atoms with van der Waals surface area (Å²) in [6.07, 6.45) is 8.57. The van der Waals surface area contributed by atoms with Gasteiger partial charge >= 0.3 is 0 Å². The average Bonchev–Trinajstić information content (AvgIpc) is 2.86. The first kappa shape index (κ1) is 16.3. The molecule has 118 valence electrons. The van der Waals surface area contributed by atoms with Crippen molar-refractivity contribution in [2.24, 2.45) is 17.3 Å². The summed E-state index contributed by atoms with van der Waals surface area (Å²) in [5, 5.41) is 3.77. The van der Waals surface area contributed by atoms with Gasteiger partial charge in [-0.2, -0.15) is 0 Å². The number of nitrogens with zero attached hydrogens (tertiary/aromatic N) is 1. The molecular weight excluding hydrogens is 244 g/mol. The van der Waals surface area contributed by atoms with E-state index in [0.29, 0.717) is 5.41 Å². The Balaban J connectivity index is 1.62. The predicted octanol–water partition coefficient (Wildman–Crippen LogP) is 3.91. The molecule has 0 aromatic heterocycles. The zero-order chi connectivity index (χ0) is 14.6. The summed E-state index contributed by atoms with van der Waals surface area (Å²) >= 11 is 0. The second-order valence-electron chi connectivity index (χ2n) is 8.17. The highest BCUT2D eigenvalue weighted by Gasteiger charge is 2.29. The molecule has 1 N–H and O–H groups in total. The Bertz CT molecular complexity index is 274. The number of hydrogen-bond donors (Lipinski definition) is 1. The molecule has 1 saturated carbocycles. The van der Waals surface area contributed by atoms with Crippen LogP contribution in [-0.4, -0.2) is 37.1 Å². The summed E-state index contributed by atoms with van der Waals surface area (Å²) in [6, 6.07) is 0.811. The van der Waals surface area contributed by atoms with E-state index in [2.05, 4.69) is 37.9 Å². The molecule has 0 aromatic rings. The first-order valence-electron chi connectivity index (χ1n) is 8.95. The first-order chi connectivity index (χ1) is 9.50. The number of likely N-dealkylation sites (N-methyl/N-ethyl adjacent to an activating group) is 1. The zero-order valence-corrected chi connectivity index (χ0v) is 14.3. The van der Waals surface area contributed by atoms with Gasteiger partial charge in [0.2, 0.25) is 0 Å². The van der Waals surface area contributed by atoms with Crippen LogP contribution in [0.25, 0.3) is 0 Å². The van der Waals surface area contributed by atoms with E-state index in [1.807, 2.05) is 0 Å². The van der Waals surface area contributed by atoms with Crippen LogP contribution in [0.5, 0.6) is 0 Å². The van der Waals surface area contributed by atoms with Crippen LogP contribution >= 0.6 is 0 Å². The molecule has 0 amide bonds. The molecule has 1 aliphatic carbocycles. The second-order valence-corrected chi connectivity index (χ2v) is 8.17. The van der Waals surface area contributed by atoms with Crippen molar-refractivity contribution < 1.29 is 0 Å². The third-order valence-electron chi connectivity index (χ3n) is 5.79. The molecular formula is C18H36N2.